The summed E-state index contributed by atoms with van der Waals surface area (Å²) in [7, 11) is 0. The standard InChI is InChI=1S/C13H10N2S/c1-2-7-12-10(4-1)5-3-6-11(12)8-13-15-14-9-16-13/h1-7,9H,8H2. The molecule has 0 aliphatic rings. The minimum atomic E-state index is 0.867. The zero-order chi connectivity index (χ0) is 10.8. The first-order valence-electron chi connectivity index (χ1n) is 5.15. The number of hydrogen-bond acceptors (Lipinski definition) is 3. The SMILES string of the molecule is c1ccc2c(Cc3nncs3)cccc2c1. The number of fused-ring (bicyclic) bond motifs is 1. The van der Waals surface area contributed by atoms with Crippen molar-refractivity contribution >= 4 is 22.1 Å². The highest BCUT2D eigenvalue weighted by Crippen LogP contribution is 2.21. The van der Waals surface area contributed by atoms with Gasteiger partial charge in [0.05, 0.1) is 0 Å². The van der Waals surface area contributed by atoms with Crippen LogP contribution in [0.25, 0.3) is 10.8 Å². The molecule has 1 heterocycles. The molecule has 0 fully saturated rings. The fourth-order valence-electron chi connectivity index (χ4n) is 1.88. The second kappa shape index (κ2) is 4.02. The lowest BCUT2D eigenvalue weighted by Crippen LogP contribution is -1.89. The Morgan fingerprint density at radius 3 is 2.75 bits per heavy atom. The minimum Gasteiger partial charge on any atom is -0.147 e. The maximum absolute atomic E-state index is 4.09. The van der Waals surface area contributed by atoms with Gasteiger partial charge in [-0.25, -0.2) is 0 Å². The van der Waals surface area contributed by atoms with Crippen molar-refractivity contribution < 1.29 is 0 Å². The van der Waals surface area contributed by atoms with Crippen LogP contribution in [0.15, 0.2) is 48.0 Å². The molecule has 1 aromatic heterocycles. The van der Waals surface area contributed by atoms with Crippen molar-refractivity contribution in [3.63, 3.8) is 0 Å². The molecule has 0 unspecified atom stereocenters. The monoisotopic (exact) mass is 226 g/mol. The van der Waals surface area contributed by atoms with Gasteiger partial charge in [0.2, 0.25) is 0 Å². The van der Waals surface area contributed by atoms with Gasteiger partial charge >= 0.3 is 0 Å². The number of nitrogens with zero attached hydrogens (tertiary/aromatic N) is 2. The second-order valence-corrected chi connectivity index (χ2v) is 4.57. The average Bonchev–Trinajstić information content (AvgIpc) is 2.82. The van der Waals surface area contributed by atoms with Crippen LogP contribution < -0.4 is 0 Å². The highest BCUT2D eigenvalue weighted by molar-refractivity contribution is 7.09. The molecular formula is C13H10N2S. The summed E-state index contributed by atoms with van der Waals surface area (Å²) in [6.07, 6.45) is 0.867. The Bertz CT molecular complexity index is 597. The first kappa shape index (κ1) is 9.48. The van der Waals surface area contributed by atoms with Gasteiger partial charge in [-0.2, -0.15) is 0 Å². The van der Waals surface area contributed by atoms with E-state index in [9.17, 15) is 0 Å². The Morgan fingerprint density at radius 2 is 1.88 bits per heavy atom. The van der Waals surface area contributed by atoms with Crippen LogP contribution in [0, 0.1) is 0 Å². The largest absolute Gasteiger partial charge is 0.147 e. The lowest BCUT2D eigenvalue weighted by molar-refractivity contribution is 1.01. The molecule has 0 aliphatic heterocycles. The van der Waals surface area contributed by atoms with Gasteiger partial charge in [0.1, 0.15) is 10.5 Å². The van der Waals surface area contributed by atoms with Crippen molar-refractivity contribution in [3.05, 3.63) is 58.5 Å². The van der Waals surface area contributed by atoms with E-state index in [1.807, 2.05) is 0 Å². The van der Waals surface area contributed by atoms with Gasteiger partial charge in [-0.15, -0.1) is 21.5 Å². The Labute approximate surface area is 97.6 Å². The molecule has 0 spiro atoms. The average molecular weight is 226 g/mol. The van der Waals surface area contributed by atoms with Crippen LogP contribution >= 0.6 is 11.3 Å². The molecule has 0 aliphatic carbocycles. The third-order valence-corrected chi connectivity index (χ3v) is 3.32. The fourth-order valence-corrected chi connectivity index (χ4v) is 2.43. The van der Waals surface area contributed by atoms with Crippen molar-refractivity contribution in [2.75, 3.05) is 0 Å². The smallest absolute Gasteiger partial charge is 0.121 e. The van der Waals surface area contributed by atoms with E-state index < -0.39 is 0 Å². The second-order valence-electron chi connectivity index (χ2n) is 3.65. The molecule has 0 saturated carbocycles. The molecule has 2 aromatic carbocycles. The molecule has 3 aromatic rings. The van der Waals surface area contributed by atoms with Gasteiger partial charge < -0.3 is 0 Å². The van der Waals surface area contributed by atoms with E-state index in [4.69, 9.17) is 0 Å². The maximum atomic E-state index is 4.09. The predicted octanol–water partition coefficient (Wildman–Crippen LogP) is 3.28. The van der Waals surface area contributed by atoms with Gasteiger partial charge in [0.25, 0.3) is 0 Å². The summed E-state index contributed by atoms with van der Waals surface area (Å²) < 4.78 is 0. The zero-order valence-electron chi connectivity index (χ0n) is 8.63. The van der Waals surface area contributed by atoms with Gasteiger partial charge in [-0.1, -0.05) is 42.5 Å². The Kier molecular flexibility index (Phi) is 2.38. The molecule has 0 saturated heterocycles. The molecule has 16 heavy (non-hydrogen) atoms. The molecular weight excluding hydrogens is 216 g/mol. The summed E-state index contributed by atoms with van der Waals surface area (Å²) in [5, 5.41) is 11.6. The maximum Gasteiger partial charge on any atom is 0.121 e. The Morgan fingerprint density at radius 1 is 1.00 bits per heavy atom. The van der Waals surface area contributed by atoms with Crippen molar-refractivity contribution in [1.82, 2.24) is 10.2 Å². The summed E-state index contributed by atoms with van der Waals surface area (Å²) in [6, 6.07) is 14.8. The van der Waals surface area contributed by atoms with Crippen molar-refractivity contribution in [3.8, 4) is 0 Å². The van der Waals surface area contributed by atoms with Gasteiger partial charge in [0, 0.05) is 6.42 Å². The van der Waals surface area contributed by atoms with E-state index in [0.717, 1.165) is 11.4 Å². The molecule has 2 nitrogen and oxygen atoms in total. The van der Waals surface area contributed by atoms with Crippen molar-refractivity contribution in [2.24, 2.45) is 0 Å². The molecule has 0 N–H and O–H groups in total. The van der Waals surface area contributed by atoms with Crippen molar-refractivity contribution in [2.45, 2.75) is 6.42 Å². The van der Waals surface area contributed by atoms with E-state index in [-0.39, 0.29) is 0 Å². The highest BCUT2D eigenvalue weighted by Gasteiger charge is 2.03. The number of hydrogen-bond donors (Lipinski definition) is 0. The summed E-state index contributed by atoms with van der Waals surface area (Å²) in [5.74, 6) is 0. The Balaban J connectivity index is 2.10. The summed E-state index contributed by atoms with van der Waals surface area (Å²) in [5.41, 5.74) is 3.09. The molecule has 0 atom stereocenters. The van der Waals surface area contributed by atoms with Crippen molar-refractivity contribution in [1.29, 1.82) is 0 Å². The molecule has 0 amide bonds. The first-order chi connectivity index (χ1) is 7.93. The number of aromatic nitrogens is 2. The molecule has 3 heteroatoms. The topological polar surface area (TPSA) is 25.8 Å². The normalized spacial score (nSPS) is 10.8. The first-order valence-corrected chi connectivity index (χ1v) is 6.03. The number of rotatable bonds is 2. The van der Waals surface area contributed by atoms with Crippen LogP contribution in [0.5, 0.6) is 0 Å². The predicted molar refractivity (Wildman–Crippen MR) is 66.7 cm³/mol. The number of benzene rings is 2. The van der Waals surface area contributed by atoms with E-state index >= 15 is 0 Å². The summed E-state index contributed by atoms with van der Waals surface area (Å²) in [6.45, 7) is 0. The quantitative estimate of drug-likeness (QED) is 0.670. The van der Waals surface area contributed by atoms with E-state index in [0.29, 0.717) is 0 Å². The summed E-state index contributed by atoms with van der Waals surface area (Å²) in [4.78, 5) is 0. The molecule has 3 rings (SSSR count). The van der Waals surface area contributed by atoms with E-state index in [1.165, 1.54) is 16.3 Å². The van der Waals surface area contributed by atoms with Gasteiger partial charge in [-0.05, 0) is 16.3 Å². The van der Waals surface area contributed by atoms with Crippen LogP contribution in [0.4, 0.5) is 0 Å². The van der Waals surface area contributed by atoms with E-state index in [1.54, 1.807) is 16.8 Å². The van der Waals surface area contributed by atoms with Crippen LogP contribution in [-0.2, 0) is 6.42 Å². The lowest BCUT2D eigenvalue weighted by Gasteiger charge is -2.03. The van der Waals surface area contributed by atoms with Gasteiger partial charge in [0.15, 0.2) is 0 Å². The highest BCUT2D eigenvalue weighted by atomic mass is 32.1. The third-order valence-electron chi connectivity index (χ3n) is 2.63. The minimum absolute atomic E-state index is 0.867. The molecule has 0 bridgehead atoms. The lowest BCUT2D eigenvalue weighted by atomic mass is 10.0. The van der Waals surface area contributed by atoms with Crippen LogP contribution in [0.1, 0.15) is 10.6 Å². The zero-order valence-corrected chi connectivity index (χ0v) is 9.45. The van der Waals surface area contributed by atoms with Crippen LogP contribution in [-0.4, -0.2) is 10.2 Å². The van der Waals surface area contributed by atoms with Crippen LogP contribution in [0.3, 0.4) is 0 Å². The Hall–Kier alpha value is -1.74. The van der Waals surface area contributed by atoms with E-state index in [2.05, 4.69) is 52.7 Å². The summed E-state index contributed by atoms with van der Waals surface area (Å²) >= 11 is 1.60. The third kappa shape index (κ3) is 1.70. The molecule has 78 valence electrons. The van der Waals surface area contributed by atoms with Crippen LogP contribution in [0.2, 0.25) is 0 Å². The van der Waals surface area contributed by atoms with Gasteiger partial charge in [-0.3, -0.25) is 0 Å². The fraction of sp³-hybridized carbons (Fsp3) is 0.0769. The molecule has 0 radical (unpaired) electrons.